The minimum absolute atomic E-state index is 0.000458. The highest BCUT2D eigenvalue weighted by atomic mass is 35.5. The first-order chi connectivity index (χ1) is 12.2. The Morgan fingerprint density at radius 1 is 1.28 bits per heavy atom. The molecule has 8 heteroatoms. The second-order valence-electron chi connectivity index (χ2n) is 6.55. The third kappa shape index (κ3) is 2.16. The van der Waals surface area contributed by atoms with Gasteiger partial charge in [0.1, 0.15) is 6.33 Å². The van der Waals surface area contributed by atoms with Gasteiger partial charge in [0.05, 0.1) is 18.3 Å². The van der Waals surface area contributed by atoms with Gasteiger partial charge in [-0.3, -0.25) is 4.79 Å². The number of aliphatic hydroxyl groups is 1. The van der Waals surface area contributed by atoms with E-state index in [1.807, 2.05) is 18.2 Å². The number of aliphatic hydroxyl groups excluding tert-OH is 1. The molecule has 2 aliphatic rings. The minimum Gasteiger partial charge on any atom is -0.394 e. The topological polar surface area (TPSA) is 85.8 Å². The van der Waals surface area contributed by atoms with E-state index in [9.17, 15) is 9.90 Å². The molecule has 3 aromatic rings. The Balaban J connectivity index is 1.71. The van der Waals surface area contributed by atoms with E-state index in [0.717, 1.165) is 28.9 Å². The molecule has 1 aliphatic heterocycles. The standard InChI is InChI=1S/C17H14ClN5O2/c18-10-1-2-14(22-8-19-20-21-22)11(5-10)9-3-15-12-6-13(12)16(7-24)23(15)17(25)4-9/h1-5,8,12-13,16,24H,6-7H2/t12-,13+,16-/m1/s1. The van der Waals surface area contributed by atoms with E-state index < -0.39 is 0 Å². The van der Waals surface area contributed by atoms with Crippen molar-refractivity contribution in [3.63, 3.8) is 0 Å². The van der Waals surface area contributed by atoms with Crippen molar-refractivity contribution >= 4 is 11.6 Å². The van der Waals surface area contributed by atoms with Gasteiger partial charge in [-0.1, -0.05) is 11.6 Å². The molecule has 1 fully saturated rings. The summed E-state index contributed by atoms with van der Waals surface area (Å²) in [5, 5.41) is 21.5. The summed E-state index contributed by atoms with van der Waals surface area (Å²) in [6.07, 6.45) is 2.54. The summed E-state index contributed by atoms with van der Waals surface area (Å²) in [6.45, 7) is 0.000458. The van der Waals surface area contributed by atoms with Gasteiger partial charge < -0.3 is 9.67 Å². The van der Waals surface area contributed by atoms with Crippen molar-refractivity contribution in [2.75, 3.05) is 6.61 Å². The molecule has 3 heterocycles. The van der Waals surface area contributed by atoms with Crippen LogP contribution in [0.1, 0.15) is 24.1 Å². The summed E-state index contributed by atoms with van der Waals surface area (Å²) in [5.74, 6) is 0.742. The molecule has 5 rings (SSSR count). The van der Waals surface area contributed by atoms with Crippen LogP contribution in [0, 0.1) is 5.92 Å². The van der Waals surface area contributed by atoms with Crippen LogP contribution >= 0.6 is 11.6 Å². The Labute approximate surface area is 147 Å². The highest BCUT2D eigenvalue weighted by Crippen LogP contribution is 2.58. The van der Waals surface area contributed by atoms with E-state index in [1.54, 1.807) is 21.4 Å². The summed E-state index contributed by atoms with van der Waals surface area (Å²) in [7, 11) is 0. The van der Waals surface area contributed by atoms with Crippen molar-refractivity contribution in [2.45, 2.75) is 18.4 Å². The van der Waals surface area contributed by atoms with Crippen LogP contribution in [0.2, 0.25) is 5.02 Å². The Hall–Kier alpha value is -2.51. The van der Waals surface area contributed by atoms with Gasteiger partial charge in [-0.15, -0.1) is 5.10 Å². The van der Waals surface area contributed by atoms with Crippen LogP contribution in [0.15, 0.2) is 41.5 Å². The number of nitrogens with zero attached hydrogens (tertiary/aromatic N) is 5. The third-order valence-electron chi connectivity index (χ3n) is 5.20. The average Bonchev–Trinajstić information content (AvgIpc) is 3.07. The van der Waals surface area contributed by atoms with Gasteiger partial charge >= 0.3 is 0 Å². The fourth-order valence-electron chi connectivity index (χ4n) is 4.00. The Kier molecular flexibility index (Phi) is 3.10. The molecule has 0 amide bonds. The SMILES string of the molecule is O=c1cc(-c2cc(Cl)ccc2-n2cnnn2)cc2n1[C@H](CO)[C@H]1C[C@@H]21. The van der Waals surface area contributed by atoms with E-state index in [0.29, 0.717) is 16.9 Å². The predicted octanol–water partition coefficient (Wildman–Crippen LogP) is 1.79. The zero-order valence-electron chi connectivity index (χ0n) is 13.1. The van der Waals surface area contributed by atoms with E-state index >= 15 is 0 Å². The lowest BCUT2D eigenvalue weighted by Gasteiger charge is -2.17. The number of halogens is 1. The number of rotatable bonds is 3. The number of benzene rings is 1. The van der Waals surface area contributed by atoms with Crippen LogP contribution in [0.3, 0.4) is 0 Å². The largest absolute Gasteiger partial charge is 0.394 e. The molecule has 0 radical (unpaired) electrons. The van der Waals surface area contributed by atoms with Gasteiger partial charge in [0, 0.05) is 28.3 Å². The maximum Gasteiger partial charge on any atom is 0.251 e. The molecule has 126 valence electrons. The first-order valence-electron chi connectivity index (χ1n) is 8.08. The summed E-state index contributed by atoms with van der Waals surface area (Å²) in [5.41, 5.74) is 3.23. The quantitative estimate of drug-likeness (QED) is 0.774. The van der Waals surface area contributed by atoms with E-state index in [-0.39, 0.29) is 18.2 Å². The zero-order valence-corrected chi connectivity index (χ0v) is 13.8. The van der Waals surface area contributed by atoms with Crippen molar-refractivity contribution in [1.82, 2.24) is 24.8 Å². The highest BCUT2D eigenvalue weighted by molar-refractivity contribution is 6.31. The number of tetrazole rings is 1. The van der Waals surface area contributed by atoms with Gasteiger partial charge in [-0.25, -0.2) is 0 Å². The Morgan fingerprint density at radius 2 is 2.16 bits per heavy atom. The van der Waals surface area contributed by atoms with Crippen LogP contribution in [0.25, 0.3) is 16.8 Å². The fraction of sp³-hybridized carbons (Fsp3) is 0.294. The third-order valence-corrected chi connectivity index (χ3v) is 5.43. The van der Waals surface area contributed by atoms with Crippen molar-refractivity contribution < 1.29 is 5.11 Å². The van der Waals surface area contributed by atoms with Gasteiger partial charge in [0.25, 0.3) is 5.56 Å². The fourth-order valence-corrected chi connectivity index (χ4v) is 4.17. The summed E-state index contributed by atoms with van der Waals surface area (Å²) >= 11 is 6.19. The van der Waals surface area contributed by atoms with Crippen molar-refractivity contribution in [2.24, 2.45) is 5.92 Å². The number of hydrogen-bond donors (Lipinski definition) is 1. The molecule has 0 bridgehead atoms. The lowest BCUT2D eigenvalue weighted by Crippen LogP contribution is -2.26. The van der Waals surface area contributed by atoms with Crippen LogP contribution < -0.4 is 5.56 Å². The molecule has 0 unspecified atom stereocenters. The Morgan fingerprint density at radius 3 is 2.92 bits per heavy atom. The summed E-state index contributed by atoms with van der Waals surface area (Å²) in [4.78, 5) is 12.7. The van der Waals surface area contributed by atoms with Gasteiger partial charge in [-0.05, 0) is 52.6 Å². The molecule has 3 atom stereocenters. The van der Waals surface area contributed by atoms with E-state index in [1.165, 1.54) is 6.33 Å². The predicted molar refractivity (Wildman–Crippen MR) is 90.8 cm³/mol. The zero-order chi connectivity index (χ0) is 17.1. The molecule has 0 saturated heterocycles. The number of aromatic nitrogens is 5. The molecule has 1 N–H and O–H groups in total. The molecule has 0 spiro atoms. The van der Waals surface area contributed by atoms with Gasteiger partial charge in [-0.2, -0.15) is 4.68 Å². The average molecular weight is 356 g/mol. The molecular formula is C17H14ClN5O2. The van der Waals surface area contributed by atoms with Gasteiger partial charge in [0.15, 0.2) is 0 Å². The summed E-state index contributed by atoms with van der Waals surface area (Å²) < 4.78 is 3.29. The second kappa shape index (κ2) is 5.24. The van der Waals surface area contributed by atoms with Crippen LogP contribution in [-0.2, 0) is 0 Å². The lowest BCUT2D eigenvalue weighted by atomic mass is 10.0. The van der Waals surface area contributed by atoms with Crippen molar-refractivity contribution in [3.8, 4) is 16.8 Å². The van der Waals surface area contributed by atoms with E-state index in [2.05, 4.69) is 15.5 Å². The molecule has 1 aromatic carbocycles. The molecule has 25 heavy (non-hydrogen) atoms. The molecule has 2 aromatic heterocycles. The van der Waals surface area contributed by atoms with Gasteiger partial charge in [0.2, 0.25) is 0 Å². The van der Waals surface area contributed by atoms with Crippen molar-refractivity contribution in [3.05, 3.63) is 57.7 Å². The molecule has 7 nitrogen and oxygen atoms in total. The highest BCUT2D eigenvalue weighted by Gasteiger charge is 2.52. The van der Waals surface area contributed by atoms with Crippen LogP contribution in [-0.4, -0.2) is 36.5 Å². The Bertz CT molecular complexity index is 1030. The normalized spacial score (nSPS) is 23.4. The summed E-state index contributed by atoms with van der Waals surface area (Å²) in [6, 6.07) is 8.93. The first kappa shape index (κ1) is 14.8. The van der Waals surface area contributed by atoms with Crippen LogP contribution in [0.4, 0.5) is 0 Å². The lowest BCUT2D eigenvalue weighted by molar-refractivity contribution is 0.217. The van der Waals surface area contributed by atoms with Crippen LogP contribution in [0.5, 0.6) is 0 Å². The second-order valence-corrected chi connectivity index (χ2v) is 6.99. The molecule has 1 aliphatic carbocycles. The van der Waals surface area contributed by atoms with Crippen molar-refractivity contribution in [1.29, 1.82) is 0 Å². The maximum absolute atomic E-state index is 12.7. The monoisotopic (exact) mass is 355 g/mol. The number of hydrogen-bond acceptors (Lipinski definition) is 5. The first-order valence-corrected chi connectivity index (χ1v) is 8.46. The minimum atomic E-state index is -0.0973. The smallest absolute Gasteiger partial charge is 0.251 e. The number of fused-ring (bicyclic) bond motifs is 3. The molecule has 1 saturated carbocycles. The van der Waals surface area contributed by atoms with E-state index in [4.69, 9.17) is 11.6 Å². The maximum atomic E-state index is 12.7. The number of pyridine rings is 1. The molecular weight excluding hydrogens is 342 g/mol.